The molecule has 3 aliphatic rings. The number of primary amides is 1. The average molecular weight is 613 g/mol. The third-order valence-corrected chi connectivity index (χ3v) is 8.64. The molecule has 4 atom stereocenters. The van der Waals surface area contributed by atoms with Gasteiger partial charge in [0.15, 0.2) is 11.4 Å². The summed E-state index contributed by atoms with van der Waals surface area (Å²) >= 11 is 2.00. The molecule has 1 aromatic rings. The number of nitrogens with two attached hydrogens (primary N) is 1. The van der Waals surface area contributed by atoms with Crippen LogP contribution < -0.4 is 11.1 Å². The molecule has 1 aromatic carbocycles. The lowest BCUT2D eigenvalue weighted by molar-refractivity contribution is -0.153. The van der Waals surface area contributed by atoms with Crippen LogP contribution in [0.2, 0.25) is 0 Å². The molecule has 0 spiro atoms. The van der Waals surface area contributed by atoms with Crippen LogP contribution in [0, 0.1) is 21.2 Å². The molecule has 36 heavy (non-hydrogen) atoms. The zero-order valence-electron chi connectivity index (χ0n) is 20.4. The van der Waals surface area contributed by atoms with Gasteiger partial charge in [0.25, 0.3) is 5.91 Å². The van der Waals surface area contributed by atoms with Crippen LogP contribution in [-0.2, 0) is 27.3 Å². The molecule has 1 saturated carbocycles. The highest BCUT2D eigenvalue weighted by molar-refractivity contribution is 14.1. The lowest BCUT2D eigenvalue weighted by atomic mass is 9.57. The molecule has 0 unspecified atom stereocenters. The van der Waals surface area contributed by atoms with Crippen LogP contribution in [0.1, 0.15) is 37.0 Å². The second kappa shape index (κ2) is 9.19. The number of rotatable bonds is 5. The molecule has 0 radical (unpaired) electrons. The van der Waals surface area contributed by atoms with Crippen LogP contribution in [0.5, 0.6) is 0 Å². The number of halogens is 2. The number of carbonyl (C=O) groups excluding carboxylic acids is 3. The molecule has 1 fully saturated rings. The van der Waals surface area contributed by atoms with E-state index in [4.69, 9.17) is 5.73 Å². The van der Waals surface area contributed by atoms with Crippen molar-refractivity contribution in [2.24, 2.45) is 17.6 Å². The number of Topliss-reactive ketones (excluding diaryl/α,β-unsaturated/α-hetero) is 2. The van der Waals surface area contributed by atoms with Crippen molar-refractivity contribution in [3.8, 4) is 0 Å². The van der Waals surface area contributed by atoms with Crippen molar-refractivity contribution in [2.45, 2.75) is 50.9 Å². The van der Waals surface area contributed by atoms with Gasteiger partial charge < -0.3 is 26.4 Å². The molecule has 0 saturated heterocycles. The van der Waals surface area contributed by atoms with E-state index < -0.39 is 63.9 Å². The second-order valence-corrected chi connectivity index (χ2v) is 11.3. The third-order valence-electron chi connectivity index (χ3n) is 7.41. The zero-order chi connectivity index (χ0) is 26.9. The summed E-state index contributed by atoms with van der Waals surface area (Å²) in [6, 6.07) is 0.405. The topological polar surface area (TPSA) is 153 Å². The van der Waals surface area contributed by atoms with E-state index in [0.717, 1.165) is 0 Å². The normalized spacial score (nSPS) is 28.0. The van der Waals surface area contributed by atoms with E-state index in [1.807, 2.05) is 36.4 Å². The first-order valence-electron chi connectivity index (χ1n) is 11.6. The van der Waals surface area contributed by atoms with Crippen LogP contribution in [0.4, 0.5) is 4.39 Å². The summed E-state index contributed by atoms with van der Waals surface area (Å²) in [7, 11) is 3.09. The van der Waals surface area contributed by atoms with Gasteiger partial charge in [-0.3, -0.25) is 19.3 Å². The molecule has 3 aliphatic carbocycles. The number of carbonyl (C=O) groups is 3. The van der Waals surface area contributed by atoms with E-state index in [1.165, 1.54) is 11.0 Å². The van der Waals surface area contributed by atoms with Gasteiger partial charge in [0.2, 0.25) is 5.78 Å². The Labute approximate surface area is 221 Å². The predicted octanol–water partition coefficient (Wildman–Crippen LogP) is 1.50. The number of ketones is 2. The summed E-state index contributed by atoms with van der Waals surface area (Å²) in [6.45, 7) is 4.23. The number of benzene rings is 1. The van der Waals surface area contributed by atoms with Crippen molar-refractivity contribution in [1.82, 2.24) is 10.2 Å². The van der Waals surface area contributed by atoms with Gasteiger partial charge in [-0.1, -0.05) is 13.8 Å². The van der Waals surface area contributed by atoms with Crippen LogP contribution in [-0.4, -0.2) is 69.5 Å². The molecular weight excluding hydrogens is 584 g/mol. The molecule has 194 valence electrons. The fourth-order valence-corrected chi connectivity index (χ4v) is 6.66. The number of amides is 1. The Morgan fingerprint density at radius 1 is 1.33 bits per heavy atom. The molecule has 6 N–H and O–H groups in total. The zero-order valence-corrected chi connectivity index (χ0v) is 22.5. The minimum Gasteiger partial charge on any atom is -0.508 e. The van der Waals surface area contributed by atoms with E-state index in [0.29, 0.717) is 15.7 Å². The van der Waals surface area contributed by atoms with E-state index in [-0.39, 0.29) is 35.6 Å². The number of hydrogen-bond acceptors (Lipinski definition) is 8. The molecule has 0 aliphatic heterocycles. The lowest BCUT2D eigenvalue weighted by Crippen LogP contribution is -2.65. The maximum Gasteiger partial charge on any atom is 0.255 e. The summed E-state index contributed by atoms with van der Waals surface area (Å²) in [6.07, 6.45) is 0.0483. The van der Waals surface area contributed by atoms with Crippen LogP contribution in [0.15, 0.2) is 23.0 Å². The number of aliphatic hydroxyl groups excluding tert-OH is 2. The van der Waals surface area contributed by atoms with Crippen molar-refractivity contribution in [3.63, 3.8) is 0 Å². The van der Waals surface area contributed by atoms with Gasteiger partial charge in [-0.25, -0.2) is 4.39 Å². The van der Waals surface area contributed by atoms with Crippen molar-refractivity contribution in [3.05, 3.63) is 49.0 Å². The Morgan fingerprint density at radius 2 is 1.97 bits per heavy atom. The van der Waals surface area contributed by atoms with E-state index in [1.54, 1.807) is 14.1 Å². The molecule has 0 bridgehead atoms. The summed E-state index contributed by atoms with van der Waals surface area (Å²) in [4.78, 5) is 40.4. The van der Waals surface area contributed by atoms with Gasteiger partial charge in [0.05, 0.1) is 6.04 Å². The Morgan fingerprint density at radius 3 is 2.53 bits per heavy atom. The summed E-state index contributed by atoms with van der Waals surface area (Å²) in [5, 5.41) is 37.0. The average Bonchev–Trinajstić information content (AvgIpc) is 2.77. The molecule has 4 rings (SSSR count). The third kappa shape index (κ3) is 3.78. The highest BCUT2D eigenvalue weighted by Crippen LogP contribution is 2.52. The van der Waals surface area contributed by atoms with Gasteiger partial charge in [0.1, 0.15) is 22.9 Å². The fraction of sp³-hybridized carbons (Fsp3) is 0.480. The number of nitrogens with one attached hydrogen (secondary N) is 1. The minimum absolute atomic E-state index is 0.0154. The highest BCUT2D eigenvalue weighted by Gasteiger charge is 2.64. The van der Waals surface area contributed by atoms with Crippen LogP contribution >= 0.6 is 22.6 Å². The van der Waals surface area contributed by atoms with E-state index in [9.17, 15) is 29.7 Å². The SMILES string of the molecule is CC(C)NCc1cc(F)c2c(c1I)C(O)=C1C(=O)[C@]3(O)C(O)=C(C(N)=O)C(=O)[C@@H](N(C)C)[C@@H]3C[C@@H]1C2. The summed E-state index contributed by atoms with van der Waals surface area (Å²) < 4.78 is 15.8. The first-order chi connectivity index (χ1) is 16.7. The maximum atomic E-state index is 15.3. The number of fused-ring (bicyclic) bond motifs is 3. The van der Waals surface area contributed by atoms with Gasteiger partial charge in [-0.15, -0.1) is 0 Å². The van der Waals surface area contributed by atoms with Crippen molar-refractivity contribution >= 4 is 45.8 Å². The first kappa shape index (κ1) is 26.7. The van der Waals surface area contributed by atoms with Crippen LogP contribution in [0.3, 0.4) is 0 Å². The Kier molecular flexibility index (Phi) is 6.82. The largest absolute Gasteiger partial charge is 0.508 e. The van der Waals surface area contributed by atoms with Crippen molar-refractivity contribution in [2.75, 3.05) is 14.1 Å². The van der Waals surface area contributed by atoms with E-state index >= 15 is 4.39 Å². The van der Waals surface area contributed by atoms with E-state index in [2.05, 4.69) is 5.32 Å². The molecular formula is C25H29FIN3O6. The fourth-order valence-electron chi connectivity index (χ4n) is 5.74. The molecule has 9 nitrogen and oxygen atoms in total. The number of hydrogen-bond donors (Lipinski definition) is 5. The lowest BCUT2D eigenvalue weighted by Gasteiger charge is -2.50. The molecule has 0 aromatic heterocycles. The van der Waals surface area contributed by atoms with Gasteiger partial charge in [0, 0.05) is 38.8 Å². The highest BCUT2D eigenvalue weighted by atomic mass is 127. The standard InChI is InChI=1S/C25H29FIN3O6/c1-9(2)29-8-11-7-14(26)12-5-10-6-13-19(30(3)4)21(32)17(24(28)35)23(34)25(13,36)22(33)15(10)20(31)16(12)18(11)27/h7,9-10,13,19,29,31,34,36H,5-6,8H2,1-4H3,(H2,28,35)/t10-,13-,19-,25-/m0/s1. The molecule has 0 heterocycles. The van der Waals surface area contributed by atoms with Gasteiger partial charge >= 0.3 is 0 Å². The summed E-state index contributed by atoms with van der Waals surface area (Å²) in [5.74, 6) is -7.04. The maximum absolute atomic E-state index is 15.3. The smallest absolute Gasteiger partial charge is 0.255 e. The van der Waals surface area contributed by atoms with Crippen molar-refractivity contribution in [1.29, 1.82) is 0 Å². The minimum atomic E-state index is -2.65. The second-order valence-electron chi connectivity index (χ2n) is 10.2. The monoisotopic (exact) mass is 613 g/mol. The summed E-state index contributed by atoms with van der Waals surface area (Å²) in [5.41, 5.74) is 2.71. The quantitative estimate of drug-likeness (QED) is 0.248. The van der Waals surface area contributed by atoms with Crippen LogP contribution in [0.25, 0.3) is 5.76 Å². The van der Waals surface area contributed by atoms with Gasteiger partial charge in [-0.05, 0) is 67.1 Å². The molecule has 1 amide bonds. The number of likely N-dealkylation sites (N-methyl/N-ethyl adjacent to an activating group) is 1. The van der Waals surface area contributed by atoms with Crippen molar-refractivity contribution < 1.29 is 34.1 Å². The Balaban J connectivity index is 1.93. The number of aliphatic hydroxyl groups is 3. The van der Waals surface area contributed by atoms with Gasteiger partial charge in [-0.2, -0.15) is 0 Å². The Bertz CT molecular complexity index is 1260. The first-order valence-corrected chi connectivity index (χ1v) is 12.7. The predicted molar refractivity (Wildman–Crippen MR) is 137 cm³/mol. The number of nitrogens with zero attached hydrogens (tertiary/aromatic N) is 1. The Hall–Kier alpha value is -2.35. The molecule has 11 heteroatoms.